The van der Waals surface area contributed by atoms with E-state index in [0.29, 0.717) is 11.9 Å². The maximum absolute atomic E-state index is 6.22. The molecule has 0 spiro atoms. The van der Waals surface area contributed by atoms with Crippen molar-refractivity contribution in [3.8, 4) is 11.5 Å². The van der Waals surface area contributed by atoms with E-state index < -0.39 is 0 Å². The Morgan fingerprint density at radius 2 is 1.96 bits per heavy atom. The van der Waals surface area contributed by atoms with Crippen LogP contribution in [0.5, 0.6) is 0 Å². The van der Waals surface area contributed by atoms with Crippen LogP contribution in [0.1, 0.15) is 12.8 Å². The second kappa shape index (κ2) is 5.93. The smallest absolute Gasteiger partial charge is 0.227 e. The van der Waals surface area contributed by atoms with Crippen molar-refractivity contribution in [3.63, 3.8) is 0 Å². The van der Waals surface area contributed by atoms with E-state index in [4.69, 9.17) is 10.2 Å². The van der Waals surface area contributed by atoms with Crippen LogP contribution in [0.25, 0.3) is 22.6 Å². The molecule has 0 atom stereocenters. The van der Waals surface area contributed by atoms with E-state index in [1.54, 1.807) is 0 Å². The number of piperidine rings is 1. The fourth-order valence-corrected chi connectivity index (χ4v) is 3.01. The van der Waals surface area contributed by atoms with E-state index in [1.807, 2.05) is 42.5 Å². The van der Waals surface area contributed by atoms with E-state index in [1.165, 1.54) is 0 Å². The van der Waals surface area contributed by atoms with Crippen molar-refractivity contribution < 1.29 is 4.42 Å². The monoisotopic (exact) mass is 308 g/mol. The second-order valence-electron chi connectivity index (χ2n) is 5.96. The molecule has 4 rings (SSSR count). The number of anilines is 2. The highest BCUT2D eigenvalue weighted by Gasteiger charge is 2.15. The van der Waals surface area contributed by atoms with E-state index in [0.717, 1.165) is 54.0 Å². The quantitative estimate of drug-likeness (QED) is 0.648. The van der Waals surface area contributed by atoms with Crippen molar-refractivity contribution >= 4 is 22.5 Å². The molecule has 5 nitrogen and oxygen atoms in total. The van der Waals surface area contributed by atoms with Crippen molar-refractivity contribution in [1.82, 2.24) is 10.3 Å². The highest BCUT2D eigenvalue weighted by atomic mass is 16.3. The minimum Gasteiger partial charge on any atom is -0.436 e. The largest absolute Gasteiger partial charge is 0.436 e. The van der Waals surface area contributed by atoms with Gasteiger partial charge < -0.3 is 20.8 Å². The molecule has 0 amide bonds. The topological polar surface area (TPSA) is 76.1 Å². The molecule has 2 aromatic carbocycles. The number of rotatable bonds is 3. The van der Waals surface area contributed by atoms with Gasteiger partial charge in [-0.2, -0.15) is 0 Å². The Labute approximate surface area is 134 Å². The summed E-state index contributed by atoms with van der Waals surface area (Å²) in [6.45, 7) is 2.11. The summed E-state index contributed by atoms with van der Waals surface area (Å²) in [4.78, 5) is 4.52. The van der Waals surface area contributed by atoms with Crippen LogP contribution in [0.2, 0.25) is 0 Å². The lowest BCUT2D eigenvalue weighted by Gasteiger charge is -2.25. The molecule has 3 aromatic rings. The van der Waals surface area contributed by atoms with Crippen LogP contribution in [-0.2, 0) is 0 Å². The predicted octanol–water partition coefficient (Wildman–Crippen LogP) is 3.24. The zero-order valence-corrected chi connectivity index (χ0v) is 12.9. The van der Waals surface area contributed by atoms with E-state index >= 15 is 0 Å². The van der Waals surface area contributed by atoms with Crippen LogP contribution in [0.15, 0.2) is 46.9 Å². The standard InChI is InChI=1S/C18H20N4O/c19-14-11-12(18-22-16-3-1-2-4-17(16)23-18)5-6-15(14)21-13-7-9-20-10-8-13/h1-6,11,13,20-21H,7-10,19H2. The molecular weight excluding hydrogens is 288 g/mol. The Hall–Kier alpha value is -2.53. The lowest BCUT2D eigenvalue weighted by atomic mass is 10.1. The van der Waals surface area contributed by atoms with Crippen LogP contribution in [0.4, 0.5) is 11.4 Å². The number of nitrogens with zero attached hydrogens (tertiary/aromatic N) is 1. The van der Waals surface area contributed by atoms with Crippen molar-refractivity contribution in [2.24, 2.45) is 0 Å². The van der Waals surface area contributed by atoms with Gasteiger partial charge in [-0.05, 0) is 56.3 Å². The maximum Gasteiger partial charge on any atom is 0.227 e. The van der Waals surface area contributed by atoms with Gasteiger partial charge >= 0.3 is 0 Å². The van der Waals surface area contributed by atoms with Crippen molar-refractivity contribution in [2.75, 3.05) is 24.1 Å². The molecule has 1 saturated heterocycles. The van der Waals surface area contributed by atoms with Gasteiger partial charge in [-0.3, -0.25) is 0 Å². The number of benzene rings is 2. The van der Waals surface area contributed by atoms with Gasteiger partial charge in [0.15, 0.2) is 5.58 Å². The van der Waals surface area contributed by atoms with Gasteiger partial charge in [0.1, 0.15) is 5.52 Å². The summed E-state index contributed by atoms with van der Waals surface area (Å²) in [7, 11) is 0. The first kappa shape index (κ1) is 14.1. The molecule has 23 heavy (non-hydrogen) atoms. The van der Waals surface area contributed by atoms with Crippen LogP contribution in [-0.4, -0.2) is 24.1 Å². The fourth-order valence-electron chi connectivity index (χ4n) is 3.01. The predicted molar refractivity (Wildman–Crippen MR) is 93.4 cm³/mol. The summed E-state index contributed by atoms with van der Waals surface area (Å²) in [5, 5.41) is 6.90. The molecule has 1 aliphatic rings. The summed E-state index contributed by atoms with van der Waals surface area (Å²) < 4.78 is 5.80. The zero-order valence-electron chi connectivity index (χ0n) is 12.9. The molecule has 1 aliphatic heterocycles. The molecule has 1 fully saturated rings. The Balaban J connectivity index is 1.59. The van der Waals surface area contributed by atoms with Crippen LogP contribution in [0.3, 0.4) is 0 Å². The van der Waals surface area contributed by atoms with Crippen molar-refractivity contribution in [2.45, 2.75) is 18.9 Å². The van der Waals surface area contributed by atoms with E-state index in [-0.39, 0.29) is 0 Å². The lowest BCUT2D eigenvalue weighted by molar-refractivity contribution is 0.479. The molecule has 2 heterocycles. The molecule has 118 valence electrons. The third-order valence-corrected chi connectivity index (χ3v) is 4.29. The normalized spacial score (nSPS) is 15.8. The van der Waals surface area contributed by atoms with Gasteiger partial charge in [0.2, 0.25) is 5.89 Å². The molecule has 0 bridgehead atoms. The number of hydrogen-bond donors (Lipinski definition) is 3. The number of aromatic nitrogens is 1. The summed E-state index contributed by atoms with van der Waals surface area (Å²) >= 11 is 0. The first-order valence-corrected chi connectivity index (χ1v) is 8.02. The summed E-state index contributed by atoms with van der Waals surface area (Å²) in [5.41, 5.74) is 10.5. The SMILES string of the molecule is Nc1cc(-c2nc3ccccc3o2)ccc1NC1CCNCC1. The average Bonchev–Trinajstić information content (AvgIpc) is 3.02. The molecule has 5 heteroatoms. The average molecular weight is 308 g/mol. The number of nitrogens with one attached hydrogen (secondary N) is 2. The number of fused-ring (bicyclic) bond motifs is 1. The van der Waals surface area contributed by atoms with Crippen molar-refractivity contribution in [1.29, 1.82) is 0 Å². The number of nitrogen functional groups attached to an aromatic ring is 1. The number of para-hydroxylation sites is 2. The molecule has 0 saturated carbocycles. The summed E-state index contributed by atoms with van der Waals surface area (Å²) in [6, 6.07) is 14.2. The summed E-state index contributed by atoms with van der Waals surface area (Å²) in [6.07, 6.45) is 2.23. The zero-order chi connectivity index (χ0) is 15.6. The van der Waals surface area contributed by atoms with E-state index in [9.17, 15) is 0 Å². The van der Waals surface area contributed by atoms with Gasteiger partial charge in [-0.15, -0.1) is 0 Å². The molecule has 4 N–H and O–H groups in total. The maximum atomic E-state index is 6.22. The lowest BCUT2D eigenvalue weighted by Crippen LogP contribution is -2.35. The molecule has 1 aromatic heterocycles. The van der Waals surface area contributed by atoms with Crippen LogP contribution >= 0.6 is 0 Å². The first-order chi connectivity index (χ1) is 11.3. The Morgan fingerprint density at radius 3 is 2.74 bits per heavy atom. The number of nitrogens with two attached hydrogens (primary N) is 1. The van der Waals surface area contributed by atoms with Gasteiger partial charge in [-0.1, -0.05) is 12.1 Å². The van der Waals surface area contributed by atoms with Gasteiger partial charge in [0.05, 0.1) is 11.4 Å². The summed E-state index contributed by atoms with van der Waals surface area (Å²) in [5.74, 6) is 0.603. The molecule has 0 unspecified atom stereocenters. The highest BCUT2D eigenvalue weighted by Crippen LogP contribution is 2.29. The van der Waals surface area contributed by atoms with Gasteiger partial charge in [-0.25, -0.2) is 4.98 Å². The van der Waals surface area contributed by atoms with E-state index in [2.05, 4.69) is 15.6 Å². The minimum absolute atomic E-state index is 0.480. The third-order valence-electron chi connectivity index (χ3n) is 4.29. The fraction of sp³-hybridized carbons (Fsp3) is 0.278. The van der Waals surface area contributed by atoms with Crippen LogP contribution < -0.4 is 16.4 Å². The van der Waals surface area contributed by atoms with Gasteiger partial charge in [0.25, 0.3) is 0 Å². The van der Waals surface area contributed by atoms with Gasteiger partial charge in [0, 0.05) is 11.6 Å². The Bertz CT molecular complexity index is 788. The second-order valence-corrected chi connectivity index (χ2v) is 5.96. The number of hydrogen-bond acceptors (Lipinski definition) is 5. The Morgan fingerprint density at radius 1 is 1.13 bits per heavy atom. The first-order valence-electron chi connectivity index (χ1n) is 8.02. The highest BCUT2D eigenvalue weighted by molar-refractivity contribution is 5.78. The third kappa shape index (κ3) is 2.87. The molecule has 0 radical (unpaired) electrons. The van der Waals surface area contributed by atoms with Crippen molar-refractivity contribution in [3.05, 3.63) is 42.5 Å². The molecule has 0 aliphatic carbocycles. The minimum atomic E-state index is 0.480. The number of oxazole rings is 1. The Kier molecular flexibility index (Phi) is 3.63. The van der Waals surface area contributed by atoms with Crippen LogP contribution in [0, 0.1) is 0 Å². The molecular formula is C18H20N4O.